The third-order valence-corrected chi connectivity index (χ3v) is 3.52. The number of nitrogens with one attached hydrogen (secondary N) is 1. The molecule has 3 nitrogen and oxygen atoms in total. The van der Waals surface area contributed by atoms with Gasteiger partial charge >= 0.3 is 0 Å². The fourth-order valence-corrected chi connectivity index (χ4v) is 2.43. The van der Waals surface area contributed by atoms with Crippen molar-refractivity contribution in [1.82, 2.24) is 14.7 Å². The van der Waals surface area contributed by atoms with Crippen LogP contribution in [0.1, 0.15) is 12.7 Å². The molecule has 0 saturated heterocycles. The van der Waals surface area contributed by atoms with E-state index in [4.69, 9.17) is 11.6 Å². The molecule has 2 heterocycles. The molecule has 86 valence electrons. The molecule has 1 atom stereocenters. The number of hydrogen-bond donors (Lipinski definition) is 1. The van der Waals surface area contributed by atoms with Crippen molar-refractivity contribution < 1.29 is 0 Å². The highest BCUT2D eigenvalue weighted by atomic mass is 79.9. The maximum atomic E-state index is 6.10. The average molecular weight is 303 g/mol. The molecule has 0 radical (unpaired) electrons. The Morgan fingerprint density at radius 2 is 2.31 bits per heavy atom. The molecule has 0 saturated carbocycles. The van der Waals surface area contributed by atoms with E-state index in [9.17, 15) is 0 Å². The first kappa shape index (κ1) is 11.9. The van der Waals surface area contributed by atoms with Crippen LogP contribution in [0.4, 0.5) is 0 Å². The maximum Gasteiger partial charge on any atom is 0.155 e. The predicted molar refractivity (Wildman–Crippen MR) is 70.1 cm³/mol. The molecule has 0 bridgehead atoms. The summed E-state index contributed by atoms with van der Waals surface area (Å²) in [5.74, 6) is 0.967. The lowest BCUT2D eigenvalue weighted by molar-refractivity contribution is 0.589. The highest BCUT2D eigenvalue weighted by Gasteiger charge is 2.13. The van der Waals surface area contributed by atoms with Gasteiger partial charge in [-0.1, -0.05) is 17.7 Å². The van der Waals surface area contributed by atoms with Gasteiger partial charge in [-0.25, -0.2) is 4.98 Å². The maximum absolute atomic E-state index is 6.10. The molecular weight excluding hydrogens is 289 g/mol. The lowest BCUT2D eigenvalue weighted by atomic mass is 10.2. The highest BCUT2D eigenvalue weighted by molar-refractivity contribution is 9.10. The van der Waals surface area contributed by atoms with Gasteiger partial charge in [0.2, 0.25) is 0 Å². The number of halogens is 2. The van der Waals surface area contributed by atoms with Gasteiger partial charge in [0.15, 0.2) is 5.15 Å². The third-order valence-electron chi connectivity index (χ3n) is 2.62. The molecule has 0 amide bonds. The van der Waals surface area contributed by atoms with E-state index in [-0.39, 0.29) is 0 Å². The fraction of sp³-hybridized carbons (Fsp3) is 0.364. The van der Waals surface area contributed by atoms with E-state index in [0.717, 1.165) is 22.4 Å². The second-order valence-electron chi connectivity index (χ2n) is 3.78. The van der Waals surface area contributed by atoms with E-state index in [1.165, 1.54) is 0 Å². The first-order valence-corrected chi connectivity index (χ1v) is 6.29. The smallest absolute Gasteiger partial charge is 0.155 e. The normalized spacial score (nSPS) is 13.2. The Labute approximate surface area is 108 Å². The number of likely N-dealkylation sites (N-methyl/N-ethyl adjacent to an activating group) is 1. The van der Waals surface area contributed by atoms with Crippen LogP contribution in [0.15, 0.2) is 22.8 Å². The molecule has 2 aromatic rings. The number of fused-ring (bicyclic) bond motifs is 1. The second-order valence-corrected chi connectivity index (χ2v) is 4.95. The zero-order valence-electron chi connectivity index (χ0n) is 9.17. The summed E-state index contributed by atoms with van der Waals surface area (Å²) in [6.45, 7) is 2.12. The number of imidazole rings is 1. The van der Waals surface area contributed by atoms with Crippen LogP contribution in [-0.2, 0) is 6.42 Å². The van der Waals surface area contributed by atoms with Crippen molar-refractivity contribution >= 4 is 33.0 Å². The average Bonchev–Trinajstić information content (AvgIpc) is 2.57. The van der Waals surface area contributed by atoms with Gasteiger partial charge in [0.05, 0.1) is 10.1 Å². The standard InChI is InChI=1S/C11H13BrClN3/c1-7(14-2)6-10-15-11(13)8-4-3-5-9(12)16(8)10/h3-5,7,14H,6H2,1-2H3. The molecule has 0 aliphatic heterocycles. The van der Waals surface area contributed by atoms with Crippen LogP contribution in [0.25, 0.3) is 5.52 Å². The minimum Gasteiger partial charge on any atom is -0.317 e. The second kappa shape index (κ2) is 4.73. The molecule has 0 spiro atoms. The van der Waals surface area contributed by atoms with Crippen molar-refractivity contribution in [1.29, 1.82) is 0 Å². The zero-order chi connectivity index (χ0) is 11.7. The quantitative estimate of drug-likeness (QED) is 0.884. The molecule has 2 rings (SSSR count). The molecule has 0 fully saturated rings. The van der Waals surface area contributed by atoms with Crippen molar-refractivity contribution in [2.75, 3.05) is 7.05 Å². The first-order chi connectivity index (χ1) is 7.63. The number of pyridine rings is 1. The lowest BCUT2D eigenvalue weighted by Gasteiger charge is -2.09. The topological polar surface area (TPSA) is 29.3 Å². The van der Waals surface area contributed by atoms with E-state index < -0.39 is 0 Å². The van der Waals surface area contributed by atoms with Crippen LogP contribution in [-0.4, -0.2) is 22.5 Å². The number of aromatic nitrogens is 2. The predicted octanol–water partition coefficient (Wildman–Crippen LogP) is 2.90. The molecule has 1 unspecified atom stereocenters. The van der Waals surface area contributed by atoms with Crippen LogP contribution in [0.2, 0.25) is 5.15 Å². The molecule has 5 heteroatoms. The number of nitrogens with zero attached hydrogens (tertiary/aromatic N) is 2. The molecule has 16 heavy (non-hydrogen) atoms. The van der Waals surface area contributed by atoms with Crippen LogP contribution in [0, 0.1) is 0 Å². The lowest BCUT2D eigenvalue weighted by Crippen LogP contribution is -2.24. The van der Waals surface area contributed by atoms with Crippen LogP contribution >= 0.6 is 27.5 Å². The molecular formula is C11H13BrClN3. The summed E-state index contributed by atoms with van der Waals surface area (Å²) in [4.78, 5) is 4.40. The van der Waals surface area contributed by atoms with Gasteiger partial charge in [-0.3, -0.25) is 4.40 Å². The molecule has 0 aliphatic rings. The minimum absolute atomic E-state index is 0.369. The molecule has 0 aromatic carbocycles. The summed E-state index contributed by atoms with van der Waals surface area (Å²) >= 11 is 9.62. The minimum atomic E-state index is 0.369. The summed E-state index contributed by atoms with van der Waals surface area (Å²) in [5, 5.41) is 3.75. The van der Waals surface area contributed by atoms with Gasteiger partial charge in [-0.15, -0.1) is 0 Å². The summed E-state index contributed by atoms with van der Waals surface area (Å²) in [6.07, 6.45) is 0.840. The van der Waals surface area contributed by atoms with Crippen molar-refractivity contribution in [3.8, 4) is 0 Å². The van der Waals surface area contributed by atoms with E-state index in [0.29, 0.717) is 11.2 Å². The summed E-state index contributed by atoms with van der Waals surface area (Å²) in [7, 11) is 1.94. The van der Waals surface area contributed by atoms with Gasteiger partial charge in [-0.05, 0) is 42.0 Å². The van der Waals surface area contributed by atoms with Crippen molar-refractivity contribution in [3.63, 3.8) is 0 Å². The van der Waals surface area contributed by atoms with E-state index in [1.54, 1.807) is 0 Å². The van der Waals surface area contributed by atoms with Crippen LogP contribution in [0.3, 0.4) is 0 Å². The Morgan fingerprint density at radius 3 is 3.00 bits per heavy atom. The fourth-order valence-electron chi connectivity index (χ4n) is 1.64. The van der Waals surface area contributed by atoms with Gasteiger partial charge in [0.1, 0.15) is 5.82 Å². The highest BCUT2D eigenvalue weighted by Crippen LogP contribution is 2.23. The van der Waals surface area contributed by atoms with E-state index in [2.05, 4.69) is 33.2 Å². The number of rotatable bonds is 3. The van der Waals surface area contributed by atoms with Gasteiger partial charge in [0, 0.05) is 12.5 Å². The molecule has 1 N–H and O–H groups in total. The Morgan fingerprint density at radius 1 is 1.56 bits per heavy atom. The zero-order valence-corrected chi connectivity index (χ0v) is 11.5. The Bertz CT molecular complexity index is 509. The summed E-state index contributed by atoms with van der Waals surface area (Å²) < 4.78 is 3.01. The van der Waals surface area contributed by atoms with Crippen molar-refractivity contribution in [2.45, 2.75) is 19.4 Å². The molecule has 2 aromatic heterocycles. The largest absolute Gasteiger partial charge is 0.317 e. The van der Waals surface area contributed by atoms with Crippen molar-refractivity contribution in [2.24, 2.45) is 0 Å². The third kappa shape index (κ3) is 2.10. The summed E-state index contributed by atoms with van der Waals surface area (Å²) in [5.41, 5.74) is 0.939. The monoisotopic (exact) mass is 301 g/mol. The first-order valence-electron chi connectivity index (χ1n) is 5.12. The Balaban J connectivity index is 2.53. The van der Waals surface area contributed by atoms with Gasteiger partial charge < -0.3 is 5.32 Å². The SMILES string of the molecule is CNC(C)Cc1nc(Cl)c2cccc(Br)n12. The van der Waals surface area contributed by atoms with E-state index >= 15 is 0 Å². The van der Waals surface area contributed by atoms with Crippen molar-refractivity contribution in [3.05, 3.63) is 33.8 Å². The molecule has 0 aliphatic carbocycles. The van der Waals surface area contributed by atoms with Crippen LogP contribution in [0.5, 0.6) is 0 Å². The Hall–Kier alpha value is -0.580. The van der Waals surface area contributed by atoms with Gasteiger partial charge in [-0.2, -0.15) is 0 Å². The van der Waals surface area contributed by atoms with Crippen LogP contribution < -0.4 is 5.32 Å². The van der Waals surface area contributed by atoms with Gasteiger partial charge in [0.25, 0.3) is 0 Å². The summed E-state index contributed by atoms with van der Waals surface area (Å²) in [6, 6.07) is 6.28. The Kier molecular flexibility index (Phi) is 3.52. The number of hydrogen-bond acceptors (Lipinski definition) is 2. The van der Waals surface area contributed by atoms with E-state index in [1.807, 2.05) is 29.6 Å².